The van der Waals surface area contributed by atoms with Crippen LogP contribution in [0.2, 0.25) is 0 Å². The average molecular weight is 711 g/mol. The smallest absolute Gasteiger partial charge is 0.259 e. The molecule has 3 unspecified atom stereocenters. The summed E-state index contributed by atoms with van der Waals surface area (Å²) in [4.78, 5) is 5.80. The van der Waals surface area contributed by atoms with Gasteiger partial charge >= 0.3 is 0 Å². The van der Waals surface area contributed by atoms with E-state index < -0.39 is 32.3 Å². The van der Waals surface area contributed by atoms with E-state index in [1.54, 1.807) is 18.5 Å². The van der Waals surface area contributed by atoms with E-state index in [2.05, 4.69) is 40.4 Å². The van der Waals surface area contributed by atoms with Gasteiger partial charge in [0.15, 0.2) is 10.8 Å². The zero-order valence-electron chi connectivity index (χ0n) is 30.9. The van der Waals surface area contributed by atoms with E-state index >= 15 is 0 Å². The molecule has 2 aromatic heterocycles. The highest BCUT2D eigenvalue weighted by atomic mass is 32.2. The molecule has 0 saturated heterocycles. The van der Waals surface area contributed by atoms with E-state index in [9.17, 15) is 32.2 Å². The Morgan fingerprint density at radius 2 is 1.23 bits per heavy atom. The minimum absolute atomic E-state index is 0.00474. The van der Waals surface area contributed by atoms with E-state index in [1.165, 1.54) is 13.1 Å². The Kier molecular flexibility index (Phi) is 17.4. The monoisotopic (exact) mass is 710 g/mol. The first-order valence-corrected chi connectivity index (χ1v) is 18.5. The molecule has 2 heterocycles. The number of hydrogen-bond donors (Lipinski definition) is 5. The number of nitrogens with one attached hydrogen (secondary N) is 2. The fourth-order valence-electron chi connectivity index (χ4n) is 4.06. The van der Waals surface area contributed by atoms with Crippen molar-refractivity contribution in [1.29, 1.82) is 0 Å². The predicted molar refractivity (Wildman–Crippen MR) is 183 cm³/mol. The van der Waals surface area contributed by atoms with Gasteiger partial charge in [-0.2, -0.15) is 0 Å². The van der Waals surface area contributed by atoms with Crippen LogP contribution in [-0.2, 0) is 27.1 Å². The standard InChI is InChI=1S/C12H23N3O3S.C11H20N2O4S.C8H19NO/c1-9-14-11(8-15(9)5)19(17,18)13-7-10(16)6-12(2,3)4;1-8-10(7-12-17-8)18(15,16)13-6-9(14)5-11(2,3)4;1-8(2,3)6-7(10)9(4)5/h8,10,13,16H,6-7H2,1-5H3;7,9,13-14H,5-6H2,1-4H3;7,10H,6H2,1-5H3. The first-order chi connectivity index (χ1) is 21.0. The maximum atomic E-state index is 12.0. The summed E-state index contributed by atoms with van der Waals surface area (Å²) in [5, 5.41) is 32.3. The van der Waals surface area contributed by atoms with Crippen molar-refractivity contribution in [3.8, 4) is 0 Å². The maximum Gasteiger partial charge on any atom is 0.259 e. The first kappa shape index (κ1) is 45.1. The normalized spacial score (nSPS) is 14.9. The van der Waals surface area contributed by atoms with Gasteiger partial charge in [0, 0.05) is 26.3 Å². The highest BCUT2D eigenvalue weighted by Gasteiger charge is 2.24. The molecule has 0 aliphatic rings. The molecule has 0 saturated carbocycles. The van der Waals surface area contributed by atoms with E-state index in [1.807, 2.05) is 60.5 Å². The van der Waals surface area contributed by atoms with Gasteiger partial charge < -0.3 is 24.4 Å². The predicted octanol–water partition coefficient (Wildman–Crippen LogP) is 3.16. The Bertz CT molecular complexity index is 1400. The van der Waals surface area contributed by atoms with Gasteiger partial charge in [0.25, 0.3) is 10.0 Å². The van der Waals surface area contributed by atoms with Crippen molar-refractivity contribution in [3.63, 3.8) is 0 Å². The van der Waals surface area contributed by atoms with Gasteiger partial charge in [0.05, 0.1) is 18.4 Å². The van der Waals surface area contributed by atoms with Crippen LogP contribution in [0.4, 0.5) is 0 Å². The summed E-state index contributed by atoms with van der Waals surface area (Å²) >= 11 is 0. The van der Waals surface area contributed by atoms with Crippen LogP contribution < -0.4 is 9.44 Å². The molecule has 276 valence electrons. The largest absolute Gasteiger partial charge is 0.392 e. The van der Waals surface area contributed by atoms with Crippen LogP contribution in [0, 0.1) is 30.1 Å². The molecule has 0 radical (unpaired) electrons. The van der Waals surface area contributed by atoms with E-state index in [-0.39, 0.29) is 51.2 Å². The quantitative estimate of drug-likeness (QED) is 0.203. The highest BCUT2D eigenvalue weighted by molar-refractivity contribution is 7.89. The fourth-order valence-corrected chi connectivity index (χ4v) is 6.33. The number of sulfonamides is 2. The molecule has 2 aromatic rings. The Balaban J connectivity index is 0.000000710. The Morgan fingerprint density at radius 1 is 0.809 bits per heavy atom. The van der Waals surface area contributed by atoms with Crippen molar-refractivity contribution in [2.24, 2.45) is 23.3 Å². The van der Waals surface area contributed by atoms with Gasteiger partial charge in [0.1, 0.15) is 16.9 Å². The molecule has 2 rings (SSSR count). The second kappa shape index (κ2) is 18.2. The number of hydrogen-bond acceptors (Lipinski definition) is 11. The third kappa shape index (κ3) is 19.6. The lowest BCUT2D eigenvalue weighted by atomic mass is 9.89. The number of aliphatic hydroxyl groups excluding tert-OH is 3. The SMILES string of the molecule is CN(C)C(O)CC(C)(C)C.Cc1nc(S(=O)(=O)NCC(O)CC(C)(C)C)cn1C.Cc1oncc1S(=O)(=O)NCC(O)CC(C)(C)C. The summed E-state index contributed by atoms with van der Waals surface area (Å²) in [5.41, 5.74) is 0.105. The molecule has 0 aliphatic heterocycles. The van der Waals surface area contributed by atoms with Crippen LogP contribution >= 0.6 is 0 Å². The first-order valence-electron chi connectivity index (χ1n) is 15.6. The van der Waals surface area contributed by atoms with Gasteiger partial charge in [-0.1, -0.05) is 67.5 Å². The second-order valence-corrected chi connectivity index (χ2v) is 19.2. The van der Waals surface area contributed by atoms with Crippen LogP contribution in [0.25, 0.3) is 0 Å². The number of aliphatic hydroxyl groups is 3. The fraction of sp³-hybridized carbons (Fsp3) is 0.806. The summed E-state index contributed by atoms with van der Waals surface area (Å²) < 4.78 is 58.7. The van der Waals surface area contributed by atoms with Crippen molar-refractivity contribution in [1.82, 2.24) is 29.1 Å². The van der Waals surface area contributed by atoms with Gasteiger partial charge in [-0.15, -0.1) is 0 Å². The van der Waals surface area contributed by atoms with Gasteiger partial charge in [0.2, 0.25) is 10.0 Å². The molecule has 0 spiro atoms. The molecule has 47 heavy (non-hydrogen) atoms. The van der Waals surface area contributed by atoms with Crippen LogP contribution in [0.3, 0.4) is 0 Å². The number of aromatic nitrogens is 3. The van der Waals surface area contributed by atoms with Gasteiger partial charge in [-0.25, -0.2) is 31.3 Å². The number of imidazole rings is 1. The maximum absolute atomic E-state index is 12.0. The number of aryl methyl sites for hydroxylation is 3. The zero-order valence-corrected chi connectivity index (χ0v) is 32.5. The molecule has 0 bridgehead atoms. The summed E-state index contributed by atoms with van der Waals surface area (Å²) in [7, 11) is -1.82. The van der Waals surface area contributed by atoms with Gasteiger partial charge in [-0.3, -0.25) is 4.90 Å². The molecule has 5 N–H and O–H groups in total. The van der Waals surface area contributed by atoms with Crippen LogP contribution in [0.15, 0.2) is 26.8 Å². The molecule has 0 aromatic carbocycles. The van der Waals surface area contributed by atoms with Crippen molar-refractivity contribution in [2.75, 3.05) is 27.2 Å². The second-order valence-electron chi connectivity index (χ2n) is 15.7. The summed E-state index contributed by atoms with van der Waals surface area (Å²) in [6, 6.07) is 0. The topological polar surface area (TPSA) is 200 Å². The molecule has 14 nitrogen and oxygen atoms in total. The molecular formula is C31H62N6O8S2. The molecule has 0 aliphatic carbocycles. The number of rotatable bonds is 12. The Morgan fingerprint density at radius 3 is 1.53 bits per heavy atom. The lowest BCUT2D eigenvalue weighted by Crippen LogP contribution is -2.34. The highest BCUT2D eigenvalue weighted by Crippen LogP contribution is 2.22. The summed E-state index contributed by atoms with van der Waals surface area (Å²) in [5.74, 6) is 0.850. The Labute approximate surface area is 283 Å². The third-order valence-corrected chi connectivity index (χ3v) is 9.28. The average Bonchev–Trinajstić information content (AvgIpc) is 3.45. The van der Waals surface area contributed by atoms with Crippen molar-refractivity contribution >= 4 is 20.0 Å². The summed E-state index contributed by atoms with van der Waals surface area (Å²) in [6.07, 6.45) is 2.72. The van der Waals surface area contributed by atoms with Crippen molar-refractivity contribution < 1.29 is 36.7 Å². The van der Waals surface area contributed by atoms with Crippen molar-refractivity contribution in [2.45, 2.75) is 124 Å². The lowest BCUT2D eigenvalue weighted by Gasteiger charge is -2.26. The molecule has 0 amide bonds. The third-order valence-electron chi connectivity index (χ3n) is 6.46. The minimum Gasteiger partial charge on any atom is -0.392 e. The van der Waals surface area contributed by atoms with Crippen LogP contribution in [0.5, 0.6) is 0 Å². The molecule has 3 atom stereocenters. The lowest BCUT2D eigenvalue weighted by molar-refractivity contribution is 0.00769. The minimum atomic E-state index is -3.66. The summed E-state index contributed by atoms with van der Waals surface area (Å²) in [6.45, 7) is 21.5. The molecule has 16 heteroatoms. The van der Waals surface area contributed by atoms with Crippen molar-refractivity contribution in [3.05, 3.63) is 24.0 Å². The Hall–Kier alpha value is -1.92. The van der Waals surface area contributed by atoms with Gasteiger partial charge in [-0.05, 0) is 63.5 Å². The van der Waals surface area contributed by atoms with E-state index in [0.717, 1.165) is 12.6 Å². The zero-order chi connectivity index (χ0) is 37.2. The van der Waals surface area contributed by atoms with E-state index in [4.69, 9.17) is 4.52 Å². The number of nitrogens with zero attached hydrogens (tertiary/aromatic N) is 4. The van der Waals surface area contributed by atoms with Crippen LogP contribution in [0.1, 0.15) is 93.2 Å². The molecular weight excluding hydrogens is 649 g/mol. The molecule has 0 fully saturated rings. The van der Waals surface area contributed by atoms with Crippen LogP contribution in [-0.4, -0.2) is 97.4 Å². The van der Waals surface area contributed by atoms with E-state index in [0.29, 0.717) is 18.7 Å².